The van der Waals surface area contributed by atoms with Gasteiger partial charge in [-0.1, -0.05) is 18.2 Å². The molecule has 0 unspecified atom stereocenters. The number of benzene rings is 2. The Hall–Kier alpha value is -2.58. The molecule has 1 aliphatic rings. The molecule has 1 amide bonds. The van der Waals surface area contributed by atoms with Gasteiger partial charge < -0.3 is 18.6 Å². The zero-order valence-corrected chi connectivity index (χ0v) is 17.4. The fourth-order valence-electron chi connectivity index (χ4n) is 3.17. The predicted molar refractivity (Wildman–Crippen MR) is 107 cm³/mol. The van der Waals surface area contributed by atoms with Crippen LogP contribution in [-0.2, 0) is 26.2 Å². The second-order valence-corrected chi connectivity index (χ2v) is 8.40. The van der Waals surface area contributed by atoms with E-state index in [1.807, 2.05) is 0 Å². The summed E-state index contributed by atoms with van der Waals surface area (Å²) in [5, 5.41) is 0. The monoisotopic (exact) mass is 419 g/mol. The van der Waals surface area contributed by atoms with Crippen molar-refractivity contribution in [2.24, 2.45) is 0 Å². The van der Waals surface area contributed by atoms with Gasteiger partial charge in [-0.2, -0.15) is 8.42 Å². The molecule has 0 spiro atoms. The number of hydrogen-bond donors (Lipinski definition) is 0. The van der Waals surface area contributed by atoms with E-state index in [1.54, 1.807) is 41.3 Å². The van der Waals surface area contributed by atoms with Crippen molar-refractivity contribution in [3.8, 4) is 11.5 Å². The van der Waals surface area contributed by atoms with Crippen LogP contribution in [0.1, 0.15) is 25.3 Å². The summed E-state index contributed by atoms with van der Waals surface area (Å²) >= 11 is 0. The van der Waals surface area contributed by atoms with Crippen LogP contribution in [0.3, 0.4) is 0 Å². The van der Waals surface area contributed by atoms with Crippen LogP contribution in [-0.4, -0.2) is 45.6 Å². The van der Waals surface area contributed by atoms with Gasteiger partial charge in [0, 0.05) is 32.2 Å². The molecular formula is C21H25NO6S. The minimum absolute atomic E-state index is 0.00927. The van der Waals surface area contributed by atoms with Crippen LogP contribution >= 0.6 is 0 Å². The van der Waals surface area contributed by atoms with Crippen molar-refractivity contribution in [3.63, 3.8) is 0 Å². The van der Waals surface area contributed by atoms with Gasteiger partial charge in [-0.3, -0.25) is 4.79 Å². The molecule has 29 heavy (non-hydrogen) atoms. The maximum atomic E-state index is 12.7. The van der Waals surface area contributed by atoms with E-state index in [0.717, 1.165) is 12.8 Å². The number of methoxy groups -OCH3 is 1. The molecule has 0 radical (unpaired) electrons. The normalized spacial score (nSPS) is 16.4. The third-order valence-corrected chi connectivity index (χ3v) is 6.02. The summed E-state index contributed by atoms with van der Waals surface area (Å²) in [5.74, 6) is 0.644. The highest BCUT2D eigenvalue weighted by Gasteiger charge is 2.23. The van der Waals surface area contributed by atoms with Gasteiger partial charge >= 0.3 is 10.1 Å². The lowest BCUT2D eigenvalue weighted by Crippen LogP contribution is -2.35. The number of carbonyl (C=O) groups is 1. The first-order valence-electron chi connectivity index (χ1n) is 9.42. The Kier molecular flexibility index (Phi) is 6.76. The lowest BCUT2D eigenvalue weighted by atomic mass is 10.1. The average molecular weight is 419 g/mol. The number of amides is 1. The smallest absolute Gasteiger partial charge is 0.339 e. The number of ether oxygens (including phenoxy) is 2. The molecule has 156 valence electrons. The average Bonchev–Trinajstić information content (AvgIpc) is 3.22. The second kappa shape index (κ2) is 9.28. The molecule has 0 saturated carbocycles. The van der Waals surface area contributed by atoms with Crippen LogP contribution in [0, 0.1) is 0 Å². The van der Waals surface area contributed by atoms with Crippen molar-refractivity contribution in [2.45, 2.75) is 37.3 Å². The summed E-state index contributed by atoms with van der Waals surface area (Å²) in [6.45, 7) is 2.90. The number of carbonyl (C=O) groups excluding carboxylic acids is 1. The summed E-state index contributed by atoms with van der Waals surface area (Å²) in [6.07, 6.45) is 1.90. The molecule has 1 fully saturated rings. The Morgan fingerprint density at radius 2 is 1.90 bits per heavy atom. The number of hydrogen-bond acceptors (Lipinski definition) is 6. The second-order valence-electron chi connectivity index (χ2n) is 6.86. The van der Waals surface area contributed by atoms with Crippen LogP contribution in [0.15, 0.2) is 53.4 Å². The van der Waals surface area contributed by atoms with Crippen molar-refractivity contribution in [1.29, 1.82) is 0 Å². The van der Waals surface area contributed by atoms with E-state index in [-0.39, 0.29) is 29.2 Å². The predicted octanol–water partition coefficient (Wildman–Crippen LogP) is 2.99. The van der Waals surface area contributed by atoms with Gasteiger partial charge in [-0.05, 0) is 43.2 Å². The molecule has 2 aromatic rings. The topological polar surface area (TPSA) is 82.1 Å². The lowest BCUT2D eigenvalue weighted by molar-refractivity contribution is -0.131. The first-order valence-corrected chi connectivity index (χ1v) is 10.8. The van der Waals surface area contributed by atoms with Gasteiger partial charge in [0.25, 0.3) is 0 Å². The van der Waals surface area contributed by atoms with Crippen LogP contribution < -0.4 is 8.92 Å². The first-order chi connectivity index (χ1) is 13.9. The maximum absolute atomic E-state index is 12.7. The largest absolute Gasteiger partial charge is 0.497 e. The molecule has 2 aromatic carbocycles. The molecule has 0 aromatic heterocycles. The van der Waals surface area contributed by atoms with Crippen LogP contribution in [0.2, 0.25) is 0 Å². The van der Waals surface area contributed by atoms with Gasteiger partial charge in [-0.25, -0.2) is 0 Å². The van der Waals surface area contributed by atoms with Crippen molar-refractivity contribution >= 4 is 16.0 Å². The molecule has 1 saturated heterocycles. The highest BCUT2D eigenvalue weighted by atomic mass is 32.2. The quantitative estimate of drug-likeness (QED) is 0.612. The van der Waals surface area contributed by atoms with Gasteiger partial charge in [-0.15, -0.1) is 0 Å². The first kappa shape index (κ1) is 21.1. The van der Waals surface area contributed by atoms with Gasteiger partial charge in [0.05, 0.1) is 13.2 Å². The third-order valence-electron chi connectivity index (χ3n) is 4.77. The Morgan fingerprint density at radius 1 is 1.17 bits per heavy atom. The highest BCUT2D eigenvalue weighted by molar-refractivity contribution is 7.87. The van der Waals surface area contributed by atoms with Crippen molar-refractivity contribution in [2.75, 3.05) is 20.3 Å². The molecule has 1 heterocycles. The zero-order valence-electron chi connectivity index (χ0n) is 16.5. The van der Waals surface area contributed by atoms with E-state index >= 15 is 0 Å². The third kappa shape index (κ3) is 5.48. The Bertz CT molecular complexity index is 936. The summed E-state index contributed by atoms with van der Waals surface area (Å²) < 4.78 is 41.5. The highest BCUT2D eigenvalue weighted by Crippen LogP contribution is 2.26. The molecule has 7 nitrogen and oxygen atoms in total. The molecule has 1 atom stereocenters. The summed E-state index contributed by atoms with van der Waals surface area (Å²) in [4.78, 5) is 13.8. The molecule has 8 heteroatoms. The Balaban J connectivity index is 1.79. The molecule has 1 aliphatic heterocycles. The summed E-state index contributed by atoms with van der Waals surface area (Å²) in [7, 11) is -2.52. The van der Waals surface area contributed by atoms with E-state index in [0.29, 0.717) is 24.5 Å². The Morgan fingerprint density at radius 3 is 2.52 bits per heavy atom. The van der Waals surface area contributed by atoms with Crippen molar-refractivity contribution in [1.82, 2.24) is 4.90 Å². The lowest BCUT2D eigenvalue weighted by Gasteiger charge is -2.25. The SMILES string of the molecule is COc1ccc(S(=O)(=O)Oc2ccccc2CN(C[C@H]2CCCO2)C(C)=O)cc1. The van der Waals surface area contributed by atoms with E-state index < -0.39 is 10.1 Å². The van der Waals surface area contributed by atoms with Crippen molar-refractivity contribution < 1.29 is 26.9 Å². The fraction of sp³-hybridized carbons (Fsp3) is 0.381. The fourth-order valence-corrected chi connectivity index (χ4v) is 4.13. The molecule has 0 N–H and O–H groups in total. The van der Waals surface area contributed by atoms with Gasteiger partial charge in [0.15, 0.2) is 0 Å². The maximum Gasteiger partial charge on any atom is 0.339 e. The van der Waals surface area contributed by atoms with E-state index in [9.17, 15) is 13.2 Å². The van der Waals surface area contributed by atoms with E-state index in [1.165, 1.54) is 26.2 Å². The number of nitrogens with zero attached hydrogens (tertiary/aromatic N) is 1. The summed E-state index contributed by atoms with van der Waals surface area (Å²) in [6, 6.07) is 12.8. The standard InChI is InChI=1S/C21H25NO6S/c1-16(23)22(15-19-7-5-13-27-19)14-17-6-3-4-8-21(17)28-29(24,25)20-11-9-18(26-2)10-12-20/h3-4,6,8-12,19H,5,7,13-15H2,1-2H3/t19-/m1/s1. The number of rotatable bonds is 8. The molecule has 0 aliphatic carbocycles. The minimum atomic E-state index is -4.02. The van der Waals surface area contributed by atoms with E-state index in [2.05, 4.69) is 0 Å². The van der Waals surface area contributed by atoms with Gasteiger partial charge in [0.1, 0.15) is 16.4 Å². The number of para-hydroxylation sites is 1. The summed E-state index contributed by atoms with van der Waals surface area (Å²) in [5.41, 5.74) is 0.609. The molecular weight excluding hydrogens is 394 g/mol. The minimum Gasteiger partial charge on any atom is -0.497 e. The van der Waals surface area contributed by atoms with Crippen LogP contribution in [0.5, 0.6) is 11.5 Å². The van der Waals surface area contributed by atoms with Crippen molar-refractivity contribution in [3.05, 3.63) is 54.1 Å². The molecule has 0 bridgehead atoms. The zero-order chi connectivity index (χ0) is 20.9. The molecule has 3 rings (SSSR count). The van der Waals surface area contributed by atoms with Gasteiger partial charge in [0.2, 0.25) is 5.91 Å². The van der Waals surface area contributed by atoms with Crippen LogP contribution in [0.25, 0.3) is 0 Å². The van der Waals surface area contributed by atoms with Crippen LogP contribution in [0.4, 0.5) is 0 Å². The van der Waals surface area contributed by atoms with E-state index in [4.69, 9.17) is 13.7 Å². The Labute approximate surface area is 171 Å².